The van der Waals surface area contributed by atoms with Gasteiger partial charge in [-0.25, -0.2) is 4.39 Å². The summed E-state index contributed by atoms with van der Waals surface area (Å²) in [5.74, 6) is 2.89. The molecule has 1 unspecified atom stereocenters. The zero-order chi connectivity index (χ0) is 13.5. The van der Waals surface area contributed by atoms with E-state index in [-0.39, 0.29) is 5.82 Å². The van der Waals surface area contributed by atoms with Crippen LogP contribution in [0.4, 0.5) is 4.39 Å². The van der Waals surface area contributed by atoms with E-state index in [1.807, 2.05) is 31.8 Å². The maximum Gasteiger partial charge on any atom is 0.123 e. The highest BCUT2D eigenvalue weighted by Crippen LogP contribution is 2.15. The first-order valence-corrected chi connectivity index (χ1v) is 7.68. The number of thioether (sulfide) groups is 1. The lowest BCUT2D eigenvalue weighted by molar-refractivity contribution is 0.606. The fourth-order valence-corrected chi connectivity index (χ4v) is 3.02. The van der Waals surface area contributed by atoms with Gasteiger partial charge < -0.3 is 5.32 Å². The Kier molecular flexibility index (Phi) is 6.72. The fourth-order valence-electron chi connectivity index (χ4n) is 1.84. The molecule has 1 atom stereocenters. The number of benzene rings is 1. The number of likely N-dealkylation sites (N-methyl/N-ethyl adjacent to an activating group) is 1. The van der Waals surface area contributed by atoms with E-state index < -0.39 is 0 Å². The van der Waals surface area contributed by atoms with E-state index >= 15 is 0 Å². The second-order valence-electron chi connectivity index (χ2n) is 5.19. The van der Waals surface area contributed by atoms with Crippen LogP contribution >= 0.6 is 11.8 Å². The van der Waals surface area contributed by atoms with Crippen LogP contribution in [0.25, 0.3) is 0 Å². The number of rotatable bonds is 7. The highest BCUT2D eigenvalue weighted by atomic mass is 32.2. The molecule has 102 valence electrons. The first kappa shape index (κ1) is 15.5. The molecular weight excluding hydrogens is 245 g/mol. The molecule has 1 aromatic carbocycles. The molecule has 0 aliphatic heterocycles. The Balaban J connectivity index is 2.51. The van der Waals surface area contributed by atoms with Crippen LogP contribution < -0.4 is 5.32 Å². The van der Waals surface area contributed by atoms with Gasteiger partial charge in [0.15, 0.2) is 0 Å². The van der Waals surface area contributed by atoms with E-state index in [9.17, 15) is 4.39 Å². The largest absolute Gasteiger partial charge is 0.316 e. The van der Waals surface area contributed by atoms with Crippen LogP contribution in [0.1, 0.15) is 25.0 Å². The minimum absolute atomic E-state index is 0.147. The van der Waals surface area contributed by atoms with Gasteiger partial charge in [-0.15, -0.1) is 0 Å². The van der Waals surface area contributed by atoms with Crippen molar-refractivity contribution in [2.24, 2.45) is 5.92 Å². The Labute approximate surface area is 115 Å². The number of aryl methyl sites for hydroxylation is 1. The molecule has 18 heavy (non-hydrogen) atoms. The maximum absolute atomic E-state index is 13.0. The predicted molar refractivity (Wildman–Crippen MR) is 79.9 cm³/mol. The summed E-state index contributed by atoms with van der Waals surface area (Å²) in [5.41, 5.74) is 2.28. The zero-order valence-corrected chi connectivity index (χ0v) is 12.6. The predicted octanol–water partition coefficient (Wildman–Crippen LogP) is 3.65. The van der Waals surface area contributed by atoms with Crippen LogP contribution in [0.3, 0.4) is 0 Å². The summed E-state index contributed by atoms with van der Waals surface area (Å²) in [6.45, 7) is 6.46. The smallest absolute Gasteiger partial charge is 0.123 e. The topological polar surface area (TPSA) is 12.0 Å². The standard InChI is InChI=1S/C15H24FNS/c1-11(2)9-18-10-15(17-4)8-13-5-6-14(16)7-12(13)3/h5-7,11,15,17H,8-10H2,1-4H3. The fraction of sp³-hybridized carbons (Fsp3) is 0.600. The Morgan fingerprint density at radius 1 is 1.28 bits per heavy atom. The molecule has 0 heterocycles. The van der Waals surface area contributed by atoms with Crippen LogP contribution in [-0.4, -0.2) is 24.6 Å². The lowest BCUT2D eigenvalue weighted by Crippen LogP contribution is -2.30. The third-order valence-electron chi connectivity index (χ3n) is 2.95. The molecule has 0 radical (unpaired) electrons. The average molecular weight is 269 g/mol. The summed E-state index contributed by atoms with van der Waals surface area (Å²) in [7, 11) is 2.00. The van der Waals surface area contributed by atoms with Crippen molar-refractivity contribution in [3.8, 4) is 0 Å². The first-order chi connectivity index (χ1) is 8.52. The lowest BCUT2D eigenvalue weighted by atomic mass is 10.0. The molecule has 0 aliphatic carbocycles. The van der Waals surface area contributed by atoms with Crippen LogP contribution in [0.5, 0.6) is 0 Å². The van der Waals surface area contributed by atoms with Crippen molar-refractivity contribution in [2.75, 3.05) is 18.6 Å². The van der Waals surface area contributed by atoms with E-state index in [1.54, 1.807) is 12.1 Å². The second kappa shape index (κ2) is 7.80. The van der Waals surface area contributed by atoms with Gasteiger partial charge in [0.05, 0.1) is 0 Å². The highest BCUT2D eigenvalue weighted by molar-refractivity contribution is 7.99. The third kappa shape index (κ3) is 5.40. The third-order valence-corrected chi connectivity index (χ3v) is 4.49. The van der Waals surface area contributed by atoms with Crippen molar-refractivity contribution in [1.29, 1.82) is 0 Å². The SMILES string of the molecule is CNC(CSCC(C)C)Cc1ccc(F)cc1C. The van der Waals surface area contributed by atoms with Crippen molar-refractivity contribution in [3.63, 3.8) is 0 Å². The molecule has 1 nitrogen and oxygen atoms in total. The van der Waals surface area contributed by atoms with E-state index in [0.717, 1.165) is 23.7 Å². The molecule has 0 saturated heterocycles. The van der Waals surface area contributed by atoms with E-state index in [0.29, 0.717) is 6.04 Å². The molecule has 1 aromatic rings. The van der Waals surface area contributed by atoms with Gasteiger partial charge in [0.1, 0.15) is 5.82 Å². The van der Waals surface area contributed by atoms with Crippen molar-refractivity contribution in [1.82, 2.24) is 5.32 Å². The number of hydrogen-bond donors (Lipinski definition) is 1. The molecule has 0 saturated carbocycles. The normalized spacial score (nSPS) is 13.0. The molecule has 1 rings (SSSR count). The summed E-state index contributed by atoms with van der Waals surface area (Å²) in [5, 5.41) is 3.35. The molecule has 3 heteroatoms. The maximum atomic E-state index is 13.0. The van der Waals surface area contributed by atoms with Crippen LogP contribution in [-0.2, 0) is 6.42 Å². The van der Waals surface area contributed by atoms with Gasteiger partial charge in [0.2, 0.25) is 0 Å². The number of hydrogen-bond acceptors (Lipinski definition) is 2. The Hall–Kier alpha value is -0.540. The number of nitrogens with one attached hydrogen (secondary N) is 1. The molecule has 0 spiro atoms. The number of halogens is 1. The highest BCUT2D eigenvalue weighted by Gasteiger charge is 2.10. The molecule has 1 N–H and O–H groups in total. The summed E-state index contributed by atoms with van der Waals surface area (Å²) < 4.78 is 13.0. The van der Waals surface area contributed by atoms with Crippen LogP contribution in [0, 0.1) is 18.7 Å². The van der Waals surface area contributed by atoms with E-state index in [4.69, 9.17) is 0 Å². The summed E-state index contributed by atoms with van der Waals surface area (Å²) in [4.78, 5) is 0. The van der Waals surface area contributed by atoms with Crippen molar-refractivity contribution in [3.05, 3.63) is 35.1 Å². The van der Waals surface area contributed by atoms with Crippen molar-refractivity contribution in [2.45, 2.75) is 33.2 Å². The monoisotopic (exact) mass is 269 g/mol. The van der Waals surface area contributed by atoms with E-state index in [1.165, 1.54) is 11.3 Å². The minimum Gasteiger partial charge on any atom is -0.316 e. The van der Waals surface area contributed by atoms with Gasteiger partial charge in [-0.05, 0) is 55.3 Å². The Morgan fingerprint density at radius 3 is 2.56 bits per heavy atom. The van der Waals surface area contributed by atoms with Gasteiger partial charge >= 0.3 is 0 Å². The lowest BCUT2D eigenvalue weighted by Gasteiger charge is -2.17. The molecule has 0 aromatic heterocycles. The van der Waals surface area contributed by atoms with Gasteiger partial charge in [-0.3, -0.25) is 0 Å². The minimum atomic E-state index is -0.147. The Morgan fingerprint density at radius 2 is 2.00 bits per heavy atom. The molecule has 0 bridgehead atoms. The molecular formula is C15H24FNS. The van der Waals surface area contributed by atoms with Crippen molar-refractivity contribution >= 4 is 11.8 Å². The first-order valence-electron chi connectivity index (χ1n) is 6.53. The molecule has 0 amide bonds. The quantitative estimate of drug-likeness (QED) is 0.811. The molecule has 0 aliphatic rings. The van der Waals surface area contributed by atoms with Gasteiger partial charge in [0, 0.05) is 11.8 Å². The van der Waals surface area contributed by atoms with Crippen LogP contribution in [0.2, 0.25) is 0 Å². The average Bonchev–Trinajstić information content (AvgIpc) is 2.30. The summed E-state index contributed by atoms with van der Waals surface area (Å²) >= 11 is 1.99. The van der Waals surface area contributed by atoms with E-state index in [2.05, 4.69) is 19.2 Å². The Bertz CT molecular complexity index is 366. The van der Waals surface area contributed by atoms with Crippen LogP contribution in [0.15, 0.2) is 18.2 Å². The molecule has 0 fully saturated rings. The summed E-state index contributed by atoms with van der Waals surface area (Å²) in [6.07, 6.45) is 0.966. The van der Waals surface area contributed by atoms with Gasteiger partial charge in [0.25, 0.3) is 0 Å². The zero-order valence-electron chi connectivity index (χ0n) is 11.8. The van der Waals surface area contributed by atoms with Gasteiger partial charge in [-0.1, -0.05) is 19.9 Å². The summed E-state index contributed by atoms with van der Waals surface area (Å²) in [6, 6.07) is 5.53. The van der Waals surface area contributed by atoms with Gasteiger partial charge in [-0.2, -0.15) is 11.8 Å². The van der Waals surface area contributed by atoms with Crippen molar-refractivity contribution < 1.29 is 4.39 Å². The second-order valence-corrected chi connectivity index (χ2v) is 6.27.